The van der Waals surface area contributed by atoms with E-state index >= 15 is 0 Å². The van der Waals surface area contributed by atoms with Gasteiger partial charge in [-0.1, -0.05) is 17.4 Å². The molecule has 12 heteroatoms. The lowest BCUT2D eigenvalue weighted by molar-refractivity contribution is -0.384. The van der Waals surface area contributed by atoms with Crippen LogP contribution in [-0.4, -0.2) is 36.6 Å². The number of hydrogen-bond acceptors (Lipinski definition) is 7. The zero-order valence-electron chi connectivity index (χ0n) is 17.7. The Morgan fingerprint density at radius 2 is 1.97 bits per heavy atom. The molecule has 3 aromatic rings. The summed E-state index contributed by atoms with van der Waals surface area (Å²) >= 11 is 1.08. The highest BCUT2D eigenvalue weighted by Crippen LogP contribution is 2.28. The van der Waals surface area contributed by atoms with Gasteiger partial charge >= 0.3 is 4.87 Å². The molecule has 0 spiro atoms. The van der Waals surface area contributed by atoms with E-state index in [1.807, 2.05) is 0 Å². The second kappa shape index (κ2) is 9.09. The Balaban J connectivity index is 1.69. The SMILES string of the molecule is Cc1ccc([N+](=O)[O-])cc1N(CCCC(=O)Nc1ccc2c(c1)sc(=O)n2C)S(C)(=O)=O. The lowest BCUT2D eigenvalue weighted by Crippen LogP contribution is -2.32. The molecule has 32 heavy (non-hydrogen) atoms. The highest BCUT2D eigenvalue weighted by atomic mass is 32.2. The number of non-ortho nitro benzene ring substituents is 1. The minimum atomic E-state index is -3.72. The van der Waals surface area contributed by atoms with Gasteiger partial charge in [0.1, 0.15) is 0 Å². The van der Waals surface area contributed by atoms with Gasteiger partial charge in [0.05, 0.1) is 27.1 Å². The molecule has 0 saturated carbocycles. The van der Waals surface area contributed by atoms with Gasteiger partial charge in [0, 0.05) is 37.8 Å². The lowest BCUT2D eigenvalue weighted by atomic mass is 10.1. The fourth-order valence-corrected chi connectivity index (χ4v) is 5.20. The van der Waals surface area contributed by atoms with E-state index in [0.717, 1.165) is 32.1 Å². The summed E-state index contributed by atoms with van der Waals surface area (Å²) in [5, 5.41) is 13.8. The van der Waals surface area contributed by atoms with Crippen LogP contribution in [0, 0.1) is 17.0 Å². The van der Waals surface area contributed by atoms with Crippen molar-refractivity contribution in [3.8, 4) is 0 Å². The summed E-state index contributed by atoms with van der Waals surface area (Å²) in [7, 11) is -2.04. The van der Waals surface area contributed by atoms with Crippen molar-refractivity contribution in [3.05, 3.63) is 61.7 Å². The molecule has 0 saturated heterocycles. The molecule has 0 aliphatic carbocycles. The summed E-state index contributed by atoms with van der Waals surface area (Å²) in [5.41, 5.74) is 1.88. The van der Waals surface area contributed by atoms with Crippen molar-refractivity contribution in [1.29, 1.82) is 0 Å². The monoisotopic (exact) mass is 478 g/mol. The number of amides is 1. The third kappa shape index (κ3) is 5.14. The summed E-state index contributed by atoms with van der Waals surface area (Å²) < 4.78 is 28.0. The second-order valence-corrected chi connectivity index (χ2v) is 10.2. The zero-order valence-corrected chi connectivity index (χ0v) is 19.3. The van der Waals surface area contributed by atoms with E-state index in [9.17, 15) is 28.1 Å². The molecule has 0 unspecified atom stereocenters. The van der Waals surface area contributed by atoms with Gasteiger partial charge < -0.3 is 9.88 Å². The number of benzene rings is 2. The van der Waals surface area contributed by atoms with E-state index < -0.39 is 14.9 Å². The lowest BCUT2D eigenvalue weighted by Gasteiger charge is -2.24. The molecule has 0 bridgehead atoms. The summed E-state index contributed by atoms with van der Waals surface area (Å²) in [4.78, 5) is 34.5. The van der Waals surface area contributed by atoms with E-state index in [2.05, 4.69) is 5.32 Å². The maximum atomic E-state index is 12.4. The highest BCUT2D eigenvalue weighted by molar-refractivity contribution is 7.92. The van der Waals surface area contributed by atoms with Crippen LogP contribution in [-0.2, 0) is 21.9 Å². The van der Waals surface area contributed by atoms with Crippen molar-refractivity contribution in [2.45, 2.75) is 19.8 Å². The van der Waals surface area contributed by atoms with Crippen LogP contribution in [0.25, 0.3) is 10.2 Å². The maximum Gasteiger partial charge on any atom is 0.307 e. The van der Waals surface area contributed by atoms with Crippen molar-refractivity contribution in [2.24, 2.45) is 7.05 Å². The van der Waals surface area contributed by atoms with Gasteiger partial charge in [-0.3, -0.25) is 24.0 Å². The summed E-state index contributed by atoms with van der Waals surface area (Å²) in [5.74, 6) is -0.308. The van der Waals surface area contributed by atoms with Crippen molar-refractivity contribution in [3.63, 3.8) is 0 Å². The van der Waals surface area contributed by atoms with Gasteiger partial charge in [-0.15, -0.1) is 0 Å². The van der Waals surface area contributed by atoms with E-state index in [0.29, 0.717) is 11.3 Å². The van der Waals surface area contributed by atoms with Crippen molar-refractivity contribution < 1.29 is 18.1 Å². The Bertz CT molecular complexity index is 1360. The van der Waals surface area contributed by atoms with Crippen molar-refractivity contribution in [2.75, 3.05) is 22.4 Å². The first-order valence-corrected chi connectivity index (χ1v) is 12.3. The van der Waals surface area contributed by atoms with Crippen LogP contribution in [0.1, 0.15) is 18.4 Å². The first-order valence-electron chi connectivity index (χ1n) is 9.59. The molecule has 1 amide bonds. The number of nitro benzene ring substituents is 1. The summed E-state index contributed by atoms with van der Waals surface area (Å²) in [6.07, 6.45) is 1.27. The Morgan fingerprint density at radius 3 is 2.62 bits per heavy atom. The van der Waals surface area contributed by atoms with Crippen LogP contribution < -0.4 is 14.5 Å². The van der Waals surface area contributed by atoms with Gasteiger partial charge in [-0.25, -0.2) is 8.42 Å². The molecule has 0 aliphatic rings. The molecule has 10 nitrogen and oxygen atoms in total. The third-order valence-corrected chi connectivity index (χ3v) is 7.09. The second-order valence-electron chi connectivity index (χ2n) is 7.32. The predicted molar refractivity (Wildman–Crippen MR) is 125 cm³/mol. The summed E-state index contributed by atoms with van der Waals surface area (Å²) in [6.45, 7) is 1.66. The number of aromatic nitrogens is 1. The van der Waals surface area contributed by atoms with Gasteiger partial charge in [-0.2, -0.15) is 0 Å². The minimum Gasteiger partial charge on any atom is -0.326 e. The maximum absolute atomic E-state index is 12.4. The molecule has 1 heterocycles. The first-order chi connectivity index (χ1) is 15.0. The molecule has 0 atom stereocenters. The van der Waals surface area contributed by atoms with Crippen LogP contribution in [0.15, 0.2) is 41.2 Å². The predicted octanol–water partition coefficient (Wildman–Crippen LogP) is 3.00. The number of sulfonamides is 1. The number of aryl methyl sites for hydroxylation is 2. The molecular formula is C20H22N4O6S2. The number of nitrogens with zero attached hydrogens (tertiary/aromatic N) is 3. The smallest absolute Gasteiger partial charge is 0.307 e. The van der Waals surface area contributed by atoms with E-state index in [1.54, 1.807) is 32.2 Å². The molecule has 2 aromatic carbocycles. The van der Waals surface area contributed by atoms with Crippen LogP contribution in [0.2, 0.25) is 0 Å². The minimum absolute atomic E-state index is 0.00635. The molecular weight excluding hydrogens is 456 g/mol. The van der Waals surface area contributed by atoms with Crippen LogP contribution in [0.4, 0.5) is 17.1 Å². The fourth-order valence-electron chi connectivity index (χ4n) is 3.26. The number of hydrogen-bond donors (Lipinski definition) is 1. The fraction of sp³-hybridized carbons (Fsp3) is 0.300. The Kier molecular flexibility index (Phi) is 6.65. The molecule has 3 rings (SSSR count). The van der Waals surface area contributed by atoms with E-state index in [-0.39, 0.29) is 41.5 Å². The van der Waals surface area contributed by atoms with Gasteiger partial charge in [0.25, 0.3) is 5.69 Å². The number of nitrogens with one attached hydrogen (secondary N) is 1. The Hall–Kier alpha value is -3.25. The quantitative estimate of drug-likeness (QED) is 0.391. The molecule has 170 valence electrons. The molecule has 1 N–H and O–H groups in total. The molecule has 0 fully saturated rings. The number of carbonyl (C=O) groups excluding carboxylic acids is 1. The Labute approximate surface area is 188 Å². The topological polar surface area (TPSA) is 132 Å². The number of anilines is 2. The normalized spacial score (nSPS) is 11.5. The van der Waals surface area contributed by atoms with Crippen molar-refractivity contribution >= 4 is 54.5 Å². The average molecular weight is 479 g/mol. The largest absolute Gasteiger partial charge is 0.326 e. The number of nitro groups is 1. The molecule has 0 aliphatic heterocycles. The van der Waals surface area contributed by atoms with E-state index in [4.69, 9.17) is 0 Å². The number of rotatable bonds is 8. The molecule has 1 aromatic heterocycles. The number of carbonyl (C=O) groups is 1. The standard InChI is InChI=1S/C20H22N4O6S2/c1-13-6-8-15(24(27)28)12-17(13)23(32(3,29)30)10-4-5-19(25)21-14-7-9-16-18(11-14)31-20(26)22(16)2/h6-9,11-12H,4-5,10H2,1-3H3,(H,21,25). The Morgan fingerprint density at radius 1 is 1.25 bits per heavy atom. The number of thiazole rings is 1. The number of fused-ring (bicyclic) bond motifs is 1. The van der Waals surface area contributed by atoms with Gasteiger partial charge in [0.15, 0.2) is 0 Å². The van der Waals surface area contributed by atoms with Crippen LogP contribution in [0.5, 0.6) is 0 Å². The molecule has 0 radical (unpaired) electrons. The van der Waals surface area contributed by atoms with Crippen molar-refractivity contribution in [1.82, 2.24) is 4.57 Å². The van der Waals surface area contributed by atoms with E-state index in [1.165, 1.54) is 22.8 Å². The highest BCUT2D eigenvalue weighted by Gasteiger charge is 2.22. The third-order valence-electron chi connectivity index (χ3n) is 4.91. The van der Waals surface area contributed by atoms with Crippen LogP contribution in [0.3, 0.4) is 0 Å². The first kappa shape index (κ1) is 23.4. The zero-order chi connectivity index (χ0) is 23.6. The average Bonchev–Trinajstić information content (AvgIpc) is 2.98. The summed E-state index contributed by atoms with van der Waals surface area (Å²) in [6, 6.07) is 9.19. The van der Waals surface area contributed by atoms with Crippen LogP contribution >= 0.6 is 11.3 Å². The van der Waals surface area contributed by atoms with Gasteiger partial charge in [0.2, 0.25) is 15.9 Å². The van der Waals surface area contributed by atoms with Gasteiger partial charge in [-0.05, 0) is 37.1 Å².